The van der Waals surface area contributed by atoms with Crippen molar-refractivity contribution in [2.75, 3.05) is 18.6 Å². The van der Waals surface area contributed by atoms with E-state index in [4.69, 9.17) is 0 Å². The molecule has 0 fully saturated rings. The van der Waals surface area contributed by atoms with E-state index in [1.807, 2.05) is 13.2 Å². The maximum Gasteiger partial charge on any atom is 0.0922 e. The molecule has 5 heteroatoms. The van der Waals surface area contributed by atoms with Crippen molar-refractivity contribution in [3.8, 4) is 0 Å². The van der Waals surface area contributed by atoms with Gasteiger partial charge < -0.3 is 15.4 Å². The summed E-state index contributed by atoms with van der Waals surface area (Å²) in [6, 6.07) is 0. The number of aliphatic hydroxyl groups is 1. The Morgan fingerprint density at radius 3 is 3.07 bits per heavy atom. The Kier molecular flexibility index (Phi) is 4.44. The van der Waals surface area contributed by atoms with Crippen molar-refractivity contribution in [2.45, 2.75) is 19.1 Å². The van der Waals surface area contributed by atoms with Gasteiger partial charge in [-0.15, -0.1) is 0 Å². The lowest BCUT2D eigenvalue weighted by molar-refractivity contribution is 0.0845. The molecule has 1 unspecified atom stereocenters. The number of nitrogens with zero attached hydrogens (tertiary/aromatic N) is 1. The van der Waals surface area contributed by atoms with E-state index < -0.39 is 5.60 Å². The van der Waals surface area contributed by atoms with Gasteiger partial charge in [0, 0.05) is 30.7 Å². The van der Waals surface area contributed by atoms with Crippen molar-refractivity contribution in [3.05, 3.63) is 18.2 Å². The number of rotatable bonds is 6. The third-order valence-electron chi connectivity index (χ3n) is 1.83. The van der Waals surface area contributed by atoms with Gasteiger partial charge in [0.25, 0.3) is 0 Å². The largest absolute Gasteiger partial charge is 0.388 e. The SMILES string of the molecule is CSCC(C)(O)CNCc1cnc[nH]1. The molecule has 4 nitrogen and oxygen atoms in total. The monoisotopic (exact) mass is 215 g/mol. The van der Waals surface area contributed by atoms with Crippen molar-refractivity contribution in [3.63, 3.8) is 0 Å². The first-order chi connectivity index (χ1) is 6.64. The highest BCUT2D eigenvalue weighted by Gasteiger charge is 2.18. The number of aromatic amines is 1. The topological polar surface area (TPSA) is 60.9 Å². The Morgan fingerprint density at radius 2 is 2.50 bits per heavy atom. The first kappa shape index (κ1) is 11.6. The van der Waals surface area contributed by atoms with Gasteiger partial charge in [-0.2, -0.15) is 11.8 Å². The zero-order valence-electron chi connectivity index (χ0n) is 8.58. The lowest BCUT2D eigenvalue weighted by Crippen LogP contribution is -2.39. The number of H-pyrrole nitrogens is 1. The van der Waals surface area contributed by atoms with Crippen LogP contribution in [0.5, 0.6) is 0 Å². The number of thioether (sulfide) groups is 1. The van der Waals surface area contributed by atoms with Crippen molar-refractivity contribution in [1.29, 1.82) is 0 Å². The molecular weight excluding hydrogens is 198 g/mol. The zero-order chi connectivity index (χ0) is 10.4. The van der Waals surface area contributed by atoms with Crippen LogP contribution in [0.1, 0.15) is 12.6 Å². The number of hydrogen-bond donors (Lipinski definition) is 3. The first-order valence-electron chi connectivity index (χ1n) is 4.53. The van der Waals surface area contributed by atoms with E-state index in [0.717, 1.165) is 11.4 Å². The highest BCUT2D eigenvalue weighted by Crippen LogP contribution is 2.09. The van der Waals surface area contributed by atoms with Crippen LogP contribution >= 0.6 is 11.8 Å². The van der Waals surface area contributed by atoms with E-state index in [2.05, 4.69) is 15.3 Å². The molecule has 1 heterocycles. The van der Waals surface area contributed by atoms with E-state index in [1.54, 1.807) is 24.3 Å². The second-order valence-corrected chi connectivity index (χ2v) is 4.48. The number of aromatic nitrogens is 2. The molecule has 1 atom stereocenters. The van der Waals surface area contributed by atoms with Crippen molar-refractivity contribution in [1.82, 2.24) is 15.3 Å². The standard InChI is InChI=1S/C9H17N3OS/c1-9(13,6-14-2)5-10-3-8-4-11-7-12-8/h4,7,10,13H,3,5-6H2,1-2H3,(H,11,12). The van der Waals surface area contributed by atoms with Crippen LogP contribution in [0.2, 0.25) is 0 Å². The molecule has 1 aromatic heterocycles. The Morgan fingerprint density at radius 1 is 1.71 bits per heavy atom. The third kappa shape index (κ3) is 4.13. The maximum absolute atomic E-state index is 9.83. The van der Waals surface area contributed by atoms with Gasteiger partial charge >= 0.3 is 0 Å². The molecule has 0 aliphatic heterocycles. The summed E-state index contributed by atoms with van der Waals surface area (Å²) in [5, 5.41) is 13.0. The first-order valence-corrected chi connectivity index (χ1v) is 5.93. The zero-order valence-corrected chi connectivity index (χ0v) is 9.40. The van der Waals surface area contributed by atoms with Gasteiger partial charge in [-0.05, 0) is 13.2 Å². The normalized spacial score (nSPS) is 15.4. The fourth-order valence-electron chi connectivity index (χ4n) is 1.21. The second kappa shape index (κ2) is 5.38. The molecule has 0 aromatic carbocycles. The Labute approximate surface area is 88.5 Å². The molecule has 14 heavy (non-hydrogen) atoms. The molecule has 1 aromatic rings. The van der Waals surface area contributed by atoms with Gasteiger partial charge in [-0.25, -0.2) is 4.98 Å². The predicted octanol–water partition coefficient (Wildman–Crippen LogP) is 0.613. The minimum atomic E-state index is -0.639. The van der Waals surface area contributed by atoms with Crippen molar-refractivity contribution < 1.29 is 5.11 Å². The number of nitrogens with one attached hydrogen (secondary N) is 2. The summed E-state index contributed by atoms with van der Waals surface area (Å²) in [5.41, 5.74) is 0.393. The van der Waals surface area contributed by atoms with Gasteiger partial charge in [0.1, 0.15) is 0 Å². The molecule has 0 bridgehead atoms. The highest BCUT2D eigenvalue weighted by atomic mass is 32.2. The quantitative estimate of drug-likeness (QED) is 0.651. The Balaban J connectivity index is 2.20. The fourth-order valence-corrected chi connectivity index (χ4v) is 1.93. The molecule has 0 spiro atoms. The van der Waals surface area contributed by atoms with E-state index in [9.17, 15) is 5.11 Å². The Bertz CT molecular complexity index is 249. The molecule has 0 aliphatic rings. The minimum absolute atomic E-state index is 0.590. The van der Waals surface area contributed by atoms with Crippen LogP contribution in [0.3, 0.4) is 0 Å². The summed E-state index contributed by atoms with van der Waals surface area (Å²) in [5.74, 6) is 0.739. The van der Waals surface area contributed by atoms with E-state index in [0.29, 0.717) is 13.1 Å². The van der Waals surface area contributed by atoms with Crippen LogP contribution in [0.4, 0.5) is 0 Å². The fraction of sp³-hybridized carbons (Fsp3) is 0.667. The predicted molar refractivity (Wildman–Crippen MR) is 59.3 cm³/mol. The average Bonchev–Trinajstić information content (AvgIpc) is 2.56. The summed E-state index contributed by atoms with van der Waals surface area (Å²) >= 11 is 1.65. The summed E-state index contributed by atoms with van der Waals surface area (Å²) in [7, 11) is 0. The van der Waals surface area contributed by atoms with Crippen molar-refractivity contribution >= 4 is 11.8 Å². The molecule has 3 N–H and O–H groups in total. The smallest absolute Gasteiger partial charge is 0.0922 e. The van der Waals surface area contributed by atoms with Crippen LogP contribution in [-0.4, -0.2) is 39.2 Å². The van der Waals surface area contributed by atoms with Crippen LogP contribution in [0.15, 0.2) is 12.5 Å². The molecular formula is C9H17N3OS. The summed E-state index contributed by atoms with van der Waals surface area (Å²) < 4.78 is 0. The van der Waals surface area contributed by atoms with Crippen LogP contribution < -0.4 is 5.32 Å². The summed E-state index contributed by atoms with van der Waals surface area (Å²) in [4.78, 5) is 6.91. The molecule has 0 saturated carbocycles. The average molecular weight is 215 g/mol. The van der Waals surface area contributed by atoms with Crippen LogP contribution in [-0.2, 0) is 6.54 Å². The van der Waals surface area contributed by atoms with Crippen LogP contribution in [0.25, 0.3) is 0 Å². The summed E-state index contributed by atoms with van der Waals surface area (Å²) in [6.07, 6.45) is 5.41. The van der Waals surface area contributed by atoms with E-state index in [-0.39, 0.29) is 0 Å². The number of imidazole rings is 1. The summed E-state index contributed by atoms with van der Waals surface area (Å²) in [6.45, 7) is 3.14. The van der Waals surface area contributed by atoms with Crippen LogP contribution in [0, 0.1) is 0 Å². The second-order valence-electron chi connectivity index (χ2n) is 3.61. The lowest BCUT2D eigenvalue weighted by Gasteiger charge is -2.22. The van der Waals surface area contributed by atoms with Crippen molar-refractivity contribution in [2.24, 2.45) is 0 Å². The highest BCUT2D eigenvalue weighted by molar-refractivity contribution is 7.98. The number of hydrogen-bond acceptors (Lipinski definition) is 4. The molecule has 1 rings (SSSR count). The Hall–Kier alpha value is -0.520. The van der Waals surface area contributed by atoms with E-state index in [1.165, 1.54) is 0 Å². The van der Waals surface area contributed by atoms with Gasteiger partial charge in [0.05, 0.1) is 11.9 Å². The van der Waals surface area contributed by atoms with Gasteiger partial charge in [0.2, 0.25) is 0 Å². The lowest BCUT2D eigenvalue weighted by atomic mass is 10.1. The van der Waals surface area contributed by atoms with Gasteiger partial charge in [0.15, 0.2) is 0 Å². The van der Waals surface area contributed by atoms with Gasteiger partial charge in [-0.1, -0.05) is 0 Å². The molecule has 0 amide bonds. The molecule has 0 radical (unpaired) electrons. The van der Waals surface area contributed by atoms with E-state index >= 15 is 0 Å². The third-order valence-corrected chi connectivity index (χ3v) is 2.74. The molecule has 0 aliphatic carbocycles. The maximum atomic E-state index is 9.83. The van der Waals surface area contributed by atoms with Gasteiger partial charge in [-0.3, -0.25) is 0 Å². The molecule has 0 saturated heterocycles. The minimum Gasteiger partial charge on any atom is -0.388 e. The molecule has 80 valence electrons.